The summed E-state index contributed by atoms with van der Waals surface area (Å²) in [6, 6.07) is -1.14. The molecule has 0 bridgehead atoms. The maximum Gasteiger partial charge on any atom is 0.469 e. The summed E-state index contributed by atoms with van der Waals surface area (Å²) in [6.45, 7) is 5.47. The molecule has 0 fully saturated rings. The quantitative estimate of drug-likeness (QED) is 0.0132. The fourth-order valence-corrected chi connectivity index (χ4v) is 6.84. The molecule has 0 amide bonds. The summed E-state index contributed by atoms with van der Waals surface area (Å²) in [5, 5.41) is 19.3. The van der Waals surface area contributed by atoms with E-state index in [-0.39, 0.29) is 31.4 Å². The van der Waals surface area contributed by atoms with Crippen molar-refractivity contribution < 1.29 is 52.9 Å². The van der Waals surface area contributed by atoms with Gasteiger partial charge in [-0.05, 0) is 44.4 Å². The van der Waals surface area contributed by atoms with Gasteiger partial charge in [-0.25, -0.2) is 4.57 Å². The first kappa shape index (κ1) is 52.8. The molecule has 0 aromatic rings. The third-order valence-electron chi connectivity index (χ3n) is 8.52. The number of ether oxygens (including phenoxy) is 2. The van der Waals surface area contributed by atoms with Crippen LogP contribution in [0.1, 0.15) is 143 Å². The highest BCUT2D eigenvalue weighted by atomic mass is 32.2. The molecule has 0 heterocycles. The van der Waals surface area contributed by atoms with E-state index >= 15 is 0 Å². The van der Waals surface area contributed by atoms with Crippen molar-refractivity contribution in [3.63, 3.8) is 0 Å². The standard InChI is InChI=1S/C41H72NO11PS/c1-4-5-6-7-8-9-10-11-14-17-20-23-28-38(37(43)27-25-29-39(44)45)55-33-36(42)41(47)51-31-35(32-52-54(48,49)50)53-40(46)30-24-21-18-15-12-13-16-19-22-26-34(2)3/h8-9,11,14,17,20,23,28,34-38,43H,4-7,10,12-13,15-16,18-19,21-22,24-27,29-33,42H2,1-3H3,(H,44,45)(H2,48,49,50)/b9-8-,14-11-,20-17+,28-23+/t35-,36+,37+,38-/m1/s1. The number of esters is 2. The van der Waals surface area contributed by atoms with E-state index in [1.165, 1.54) is 63.1 Å². The van der Waals surface area contributed by atoms with Gasteiger partial charge in [0, 0.05) is 23.8 Å². The van der Waals surface area contributed by atoms with E-state index in [9.17, 15) is 24.1 Å². The fourth-order valence-electron chi connectivity index (χ4n) is 5.35. The summed E-state index contributed by atoms with van der Waals surface area (Å²) < 4.78 is 26.4. The number of nitrogens with two attached hydrogens (primary N) is 1. The molecule has 0 rings (SSSR count). The maximum atomic E-state index is 12.8. The lowest BCUT2D eigenvalue weighted by Crippen LogP contribution is -2.38. The minimum atomic E-state index is -4.88. The molecule has 12 nitrogen and oxygen atoms in total. The Bertz CT molecular complexity index is 1170. The number of allylic oxidation sites excluding steroid dienone is 7. The predicted octanol–water partition coefficient (Wildman–Crippen LogP) is 8.74. The lowest BCUT2D eigenvalue weighted by atomic mass is 10.0. The van der Waals surface area contributed by atoms with E-state index in [0.717, 1.165) is 44.4 Å². The van der Waals surface area contributed by atoms with Crippen molar-refractivity contribution >= 4 is 37.5 Å². The van der Waals surface area contributed by atoms with Crippen LogP contribution in [0, 0.1) is 5.92 Å². The first-order valence-electron chi connectivity index (χ1n) is 20.2. The number of thioether (sulfide) groups is 1. The van der Waals surface area contributed by atoms with Gasteiger partial charge in [0.2, 0.25) is 0 Å². The molecular weight excluding hydrogens is 745 g/mol. The molecule has 0 spiro atoms. The zero-order valence-electron chi connectivity index (χ0n) is 33.6. The average molecular weight is 818 g/mol. The Morgan fingerprint density at radius 1 is 0.782 bits per heavy atom. The second-order valence-electron chi connectivity index (χ2n) is 14.3. The molecule has 0 aliphatic heterocycles. The van der Waals surface area contributed by atoms with Gasteiger partial charge in [0.15, 0.2) is 6.10 Å². The van der Waals surface area contributed by atoms with Gasteiger partial charge in [-0.1, -0.05) is 140 Å². The molecule has 0 saturated carbocycles. The number of rotatable bonds is 36. The molecule has 6 N–H and O–H groups in total. The zero-order chi connectivity index (χ0) is 41.2. The van der Waals surface area contributed by atoms with E-state index in [4.69, 9.17) is 30.1 Å². The Morgan fingerprint density at radius 3 is 2.07 bits per heavy atom. The molecule has 0 unspecified atom stereocenters. The monoisotopic (exact) mass is 817 g/mol. The van der Waals surface area contributed by atoms with Crippen molar-refractivity contribution in [3.05, 3.63) is 48.6 Å². The van der Waals surface area contributed by atoms with Crippen molar-refractivity contribution in [2.45, 2.75) is 166 Å². The number of phosphoric acid groups is 1. The first-order chi connectivity index (χ1) is 26.2. The molecule has 0 aliphatic rings. The minimum Gasteiger partial charge on any atom is -0.481 e. The Kier molecular flexibility index (Phi) is 33.5. The van der Waals surface area contributed by atoms with Crippen LogP contribution in [0.15, 0.2) is 48.6 Å². The number of phosphoric ester groups is 1. The second-order valence-corrected chi connectivity index (χ2v) is 16.8. The van der Waals surface area contributed by atoms with Crippen molar-refractivity contribution in [2.75, 3.05) is 19.0 Å². The lowest BCUT2D eigenvalue weighted by molar-refractivity contribution is -0.161. The highest BCUT2D eigenvalue weighted by molar-refractivity contribution is 8.00. The normalized spacial score (nSPS) is 14.7. The molecule has 55 heavy (non-hydrogen) atoms. The summed E-state index contributed by atoms with van der Waals surface area (Å²) in [6.07, 6.45) is 30.4. The Hall–Kier alpha value is -2.25. The summed E-state index contributed by atoms with van der Waals surface area (Å²) in [4.78, 5) is 54.6. The topological polar surface area (TPSA) is 203 Å². The number of carbonyl (C=O) groups excluding carboxylic acids is 2. The number of unbranched alkanes of at least 4 members (excludes halogenated alkanes) is 11. The van der Waals surface area contributed by atoms with Crippen molar-refractivity contribution in [1.82, 2.24) is 0 Å². The number of carboxylic acids is 1. The number of hydrogen-bond donors (Lipinski definition) is 5. The molecule has 0 radical (unpaired) electrons. The molecule has 0 aromatic carbocycles. The second kappa shape index (κ2) is 35.0. The first-order valence-corrected chi connectivity index (χ1v) is 22.8. The third kappa shape index (κ3) is 35.9. The van der Waals surface area contributed by atoms with Gasteiger partial charge in [-0.3, -0.25) is 18.9 Å². The van der Waals surface area contributed by atoms with Crippen LogP contribution in [-0.2, 0) is 32.9 Å². The molecule has 0 aromatic heterocycles. The van der Waals surface area contributed by atoms with Crippen molar-refractivity contribution in [2.24, 2.45) is 11.7 Å². The Labute approximate surface area is 335 Å². The molecule has 14 heteroatoms. The summed E-state index contributed by atoms with van der Waals surface area (Å²) in [7, 11) is -4.88. The maximum absolute atomic E-state index is 12.8. The van der Waals surface area contributed by atoms with Crippen molar-refractivity contribution in [1.29, 1.82) is 0 Å². The number of aliphatic hydroxyl groups is 1. The lowest BCUT2D eigenvalue weighted by Gasteiger charge is -2.22. The molecule has 0 saturated heterocycles. The number of aliphatic hydroxyl groups excluding tert-OH is 1. The van der Waals surface area contributed by atoms with Crippen molar-refractivity contribution in [3.8, 4) is 0 Å². The van der Waals surface area contributed by atoms with Gasteiger partial charge in [-0.2, -0.15) is 0 Å². The van der Waals surface area contributed by atoms with Crippen LogP contribution in [0.4, 0.5) is 0 Å². The van der Waals surface area contributed by atoms with Crippen LogP contribution >= 0.6 is 19.6 Å². The Morgan fingerprint density at radius 2 is 1.44 bits per heavy atom. The van der Waals surface area contributed by atoms with E-state index in [1.807, 2.05) is 24.3 Å². The van der Waals surface area contributed by atoms with Crippen LogP contribution in [0.5, 0.6) is 0 Å². The molecule has 0 aliphatic carbocycles. The number of carbonyl (C=O) groups is 3. The van der Waals surface area contributed by atoms with E-state index < -0.39 is 62.4 Å². The molecule has 4 atom stereocenters. The highest BCUT2D eigenvalue weighted by Gasteiger charge is 2.26. The number of hydrogen-bond acceptors (Lipinski definition) is 10. The fraction of sp³-hybridized carbons (Fsp3) is 0.732. The predicted molar refractivity (Wildman–Crippen MR) is 221 cm³/mol. The Balaban J connectivity index is 4.94. The number of aliphatic carboxylic acids is 1. The summed E-state index contributed by atoms with van der Waals surface area (Å²) >= 11 is 1.20. The van der Waals surface area contributed by atoms with Crippen LogP contribution in [0.2, 0.25) is 0 Å². The van der Waals surface area contributed by atoms with Gasteiger partial charge >= 0.3 is 25.7 Å². The average Bonchev–Trinajstić information content (AvgIpc) is 3.12. The highest BCUT2D eigenvalue weighted by Crippen LogP contribution is 2.36. The van der Waals surface area contributed by atoms with Gasteiger partial charge in [0.05, 0.1) is 12.7 Å². The van der Waals surface area contributed by atoms with Gasteiger partial charge in [0.25, 0.3) is 0 Å². The molecule has 318 valence electrons. The molecular formula is C41H72NO11PS. The number of carboxylic acid groups (broad SMARTS) is 1. The van der Waals surface area contributed by atoms with Crippen LogP contribution in [0.25, 0.3) is 0 Å². The smallest absolute Gasteiger partial charge is 0.469 e. The zero-order valence-corrected chi connectivity index (χ0v) is 35.4. The van der Waals surface area contributed by atoms with E-state index in [1.54, 1.807) is 12.2 Å². The van der Waals surface area contributed by atoms with Gasteiger partial charge < -0.3 is 35.2 Å². The SMILES string of the molecule is CCCCC/C=C\C\C=C/C=C/C=C/[C@@H](SC[C@H](N)C(=O)OC[C@H](COP(=O)(O)O)OC(=O)CCCCCCCCCCCC(C)C)[C@@H](O)CCCC(=O)O. The minimum absolute atomic E-state index is 0.0413. The van der Waals surface area contributed by atoms with Crippen LogP contribution in [-0.4, -0.2) is 80.4 Å². The van der Waals surface area contributed by atoms with Crippen LogP contribution in [0.3, 0.4) is 0 Å². The largest absolute Gasteiger partial charge is 0.481 e. The van der Waals surface area contributed by atoms with Gasteiger partial charge in [0.1, 0.15) is 12.6 Å². The van der Waals surface area contributed by atoms with E-state index in [0.29, 0.717) is 6.42 Å². The van der Waals surface area contributed by atoms with Crippen LogP contribution < -0.4 is 5.73 Å². The third-order valence-corrected chi connectivity index (χ3v) is 10.4. The summed E-state index contributed by atoms with van der Waals surface area (Å²) in [5.41, 5.74) is 6.09. The summed E-state index contributed by atoms with van der Waals surface area (Å²) in [5.74, 6) is -1.59. The van der Waals surface area contributed by atoms with E-state index in [2.05, 4.69) is 37.4 Å². The van der Waals surface area contributed by atoms with Gasteiger partial charge in [-0.15, -0.1) is 11.8 Å².